The van der Waals surface area contributed by atoms with Crippen molar-refractivity contribution in [2.24, 2.45) is 0 Å². The standard InChI is InChI=1S/C12H7Cl2NO3/c13-8-5-9(14)12(18)11-7(8)3-1-6(15-11)2-4-10(16)17/h1-5,18H,(H,16,17)/b4-2+. The number of nitrogens with zero attached hydrogens (tertiary/aromatic N) is 1. The average Bonchev–Trinajstić information content (AvgIpc) is 2.33. The highest BCUT2D eigenvalue weighted by Crippen LogP contribution is 2.36. The number of pyridine rings is 1. The summed E-state index contributed by atoms with van der Waals surface area (Å²) in [5.74, 6) is -1.26. The second-order valence-corrected chi connectivity index (χ2v) is 4.31. The number of carboxylic acids is 1. The van der Waals surface area contributed by atoms with Gasteiger partial charge >= 0.3 is 5.97 Å². The number of rotatable bonds is 2. The van der Waals surface area contributed by atoms with Crippen molar-refractivity contribution in [3.63, 3.8) is 0 Å². The van der Waals surface area contributed by atoms with Crippen molar-refractivity contribution >= 4 is 46.2 Å². The van der Waals surface area contributed by atoms with Crippen molar-refractivity contribution in [3.8, 4) is 5.75 Å². The van der Waals surface area contributed by atoms with E-state index in [1.54, 1.807) is 12.1 Å². The number of carboxylic acid groups (broad SMARTS) is 1. The summed E-state index contributed by atoms with van der Waals surface area (Å²) in [6.45, 7) is 0. The molecule has 1 aromatic carbocycles. The van der Waals surface area contributed by atoms with Crippen molar-refractivity contribution in [1.82, 2.24) is 4.98 Å². The van der Waals surface area contributed by atoms with Gasteiger partial charge in [0.1, 0.15) is 5.52 Å². The summed E-state index contributed by atoms with van der Waals surface area (Å²) in [6.07, 6.45) is 2.27. The van der Waals surface area contributed by atoms with E-state index in [2.05, 4.69) is 4.98 Å². The third kappa shape index (κ3) is 2.39. The van der Waals surface area contributed by atoms with E-state index >= 15 is 0 Å². The molecule has 4 nitrogen and oxygen atoms in total. The molecule has 0 amide bonds. The van der Waals surface area contributed by atoms with E-state index in [-0.39, 0.29) is 16.3 Å². The van der Waals surface area contributed by atoms with E-state index in [0.29, 0.717) is 16.1 Å². The van der Waals surface area contributed by atoms with Crippen LogP contribution in [0, 0.1) is 0 Å². The average molecular weight is 284 g/mol. The van der Waals surface area contributed by atoms with Crippen molar-refractivity contribution < 1.29 is 15.0 Å². The van der Waals surface area contributed by atoms with Crippen LogP contribution in [0.2, 0.25) is 10.0 Å². The van der Waals surface area contributed by atoms with Gasteiger partial charge in [-0.15, -0.1) is 0 Å². The zero-order chi connectivity index (χ0) is 13.3. The molecule has 1 aromatic heterocycles. The Bertz CT molecular complexity index is 668. The van der Waals surface area contributed by atoms with Gasteiger partial charge in [0.25, 0.3) is 0 Å². The molecule has 0 bridgehead atoms. The summed E-state index contributed by atoms with van der Waals surface area (Å²) in [7, 11) is 0. The minimum atomic E-state index is -1.08. The third-order valence-corrected chi connectivity index (χ3v) is 2.88. The number of carbonyl (C=O) groups is 1. The molecule has 0 radical (unpaired) electrons. The molecule has 0 aliphatic heterocycles. The van der Waals surface area contributed by atoms with Crippen LogP contribution in [-0.2, 0) is 4.79 Å². The third-order valence-electron chi connectivity index (χ3n) is 2.27. The van der Waals surface area contributed by atoms with E-state index in [4.69, 9.17) is 28.3 Å². The molecule has 2 N–H and O–H groups in total. The van der Waals surface area contributed by atoms with E-state index in [0.717, 1.165) is 6.08 Å². The highest BCUT2D eigenvalue weighted by Gasteiger charge is 2.10. The molecule has 0 aliphatic carbocycles. The summed E-state index contributed by atoms with van der Waals surface area (Å²) in [5.41, 5.74) is 0.624. The Hall–Kier alpha value is -1.78. The van der Waals surface area contributed by atoms with Crippen LogP contribution >= 0.6 is 23.2 Å². The normalized spacial score (nSPS) is 11.2. The molecule has 0 fully saturated rings. The summed E-state index contributed by atoms with van der Waals surface area (Å²) in [5, 5.41) is 19.3. The summed E-state index contributed by atoms with van der Waals surface area (Å²) < 4.78 is 0. The minimum Gasteiger partial charge on any atom is -0.504 e. The van der Waals surface area contributed by atoms with Crippen LogP contribution in [0.15, 0.2) is 24.3 Å². The Morgan fingerprint density at radius 1 is 1.28 bits per heavy atom. The number of phenols is 1. The smallest absolute Gasteiger partial charge is 0.328 e. The molecule has 92 valence electrons. The van der Waals surface area contributed by atoms with Crippen LogP contribution in [0.3, 0.4) is 0 Å². The van der Waals surface area contributed by atoms with Gasteiger partial charge in [0.05, 0.1) is 15.7 Å². The number of benzene rings is 1. The first-order valence-electron chi connectivity index (χ1n) is 4.88. The van der Waals surface area contributed by atoms with Gasteiger partial charge in [0.15, 0.2) is 5.75 Å². The van der Waals surface area contributed by atoms with Gasteiger partial charge in [-0.25, -0.2) is 9.78 Å². The summed E-state index contributed by atoms with van der Waals surface area (Å²) in [6, 6.07) is 4.67. The number of fused-ring (bicyclic) bond motifs is 1. The van der Waals surface area contributed by atoms with Gasteiger partial charge in [0.2, 0.25) is 0 Å². The van der Waals surface area contributed by atoms with Crippen LogP contribution in [0.4, 0.5) is 0 Å². The molecule has 2 aromatic rings. The minimum absolute atomic E-state index is 0.0966. The van der Waals surface area contributed by atoms with E-state index < -0.39 is 5.97 Å². The Morgan fingerprint density at radius 3 is 2.67 bits per heavy atom. The Morgan fingerprint density at radius 2 is 2.00 bits per heavy atom. The lowest BCUT2D eigenvalue weighted by Crippen LogP contribution is -1.89. The largest absolute Gasteiger partial charge is 0.504 e. The summed E-state index contributed by atoms with van der Waals surface area (Å²) >= 11 is 11.8. The topological polar surface area (TPSA) is 70.4 Å². The highest BCUT2D eigenvalue weighted by molar-refractivity contribution is 6.39. The fraction of sp³-hybridized carbons (Fsp3) is 0. The Kier molecular flexibility index (Phi) is 3.41. The zero-order valence-electron chi connectivity index (χ0n) is 8.89. The van der Waals surface area contributed by atoms with Gasteiger partial charge in [-0.3, -0.25) is 0 Å². The maximum absolute atomic E-state index is 10.4. The molecule has 6 heteroatoms. The molecule has 0 unspecified atom stereocenters. The maximum Gasteiger partial charge on any atom is 0.328 e. The quantitative estimate of drug-likeness (QED) is 0.830. The van der Waals surface area contributed by atoms with Crippen molar-refractivity contribution in [3.05, 3.63) is 40.0 Å². The zero-order valence-corrected chi connectivity index (χ0v) is 10.4. The van der Waals surface area contributed by atoms with Crippen LogP contribution in [0.5, 0.6) is 5.75 Å². The highest BCUT2D eigenvalue weighted by atomic mass is 35.5. The molecular formula is C12H7Cl2NO3. The van der Waals surface area contributed by atoms with Gasteiger partial charge in [-0.05, 0) is 24.3 Å². The number of aromatic hydroxyl groups is 1. The second-order valence-electron chi connectivity index (χ2n) is 3.49. The second kappa shape index (κ2) is 4.84. The number of aliphatic carboxylic acids is 1. The van der Waals surface area contributed by atoms with Crippen molar-refractivity contribution in [2.75, 3.05) is 0 Å². The fourth-order valence-corrected chi connectivity index (χ4v) is 1.98. The SMILES string of the molecule is O=C(O)/C=C/c1ccc2c(Cl)cc(Cl)c(O)c2n1. The van der Waals surface area contributed by atoms with E-state index in [1.807, 2.05) is 0 Å². The van der Waals surface area contributed by atoms with Gasteiger partial charge < -0.3 is 10.2 Å². The lowest BCUT2D eigenvalue weighted by molar-refractivity contribution is -0.131. The molecule has 1 heterocycles. The van der Waals surface area contributed by atoms with Crippen molar-refractivity contribution in [1.29, 1.82) is 0 Å². The predicted octanol–water partition coefficient (Wildman–Crippen LogP) is 3.35. The lowest BCUT2D eigenvalue weighted by atomic mass is 10.2. The van der Waals surface area contributed by atoms with E-state index in [1.165, 1.54) is 12.1 Å². The number of phenolic OH excluding ortho intramolecular Hbond substituents is 1. The first-order chi connectivity index (χ1) is 8.49. The van der Waals surface area contributed by atoms with E-state index in [9.17, 15) is 9.90 Å². The van der Waals surface area contributed by atoms with Gasteiger partial charge in [0, 0.05) is 11.5 Å². The van der Waals surface area contributed by atoms with Crippen LogP contribution in [0.25, 0.3) is 17.0 Å². The van der Waals surface area contributed by atoms with Crippen LogP contribution < -0.4 is 0 Å². The Balaban J connectivity index is 2.64. The number of hydrogen-bond donors (Lipinski definition) is 2. The van der Waals surface area contributed by atoms with Crippen LogP contribution in [0.1, 0.15) is 5.69 Å². The Labute approximate surface area is 112 Å². The van der Waals surface area contributed by atoms with Crippen LogP contribution in [-0.4, -0.2) is 21.2 Å². The number of halogens is 2. The van der Waals surface area contributed by atoms with Gasteiger partial charge in [-0.1, -0.05) is 23.2 Å². The predicted molar refractivity (Wildman–Crippen MR) is 70.1 cm³/mol. The van der Waals surface area contributed by atoms with Crippen molar-refractivity contribution in [2.45, 2.75) is 0 Å². The molecule has 0 aliphatic rings. The molecule has 18 heavy (non-hydrogen) atoms. The lowest BCUT2D eigenvalue weighted by Gasteiger charge is -2.05. The fourth-order valence-electron chi connectivity index (χ4n) is 1.47. The summed E-state index contributed by atoms with van der Waals surface area (Å²) in [4.78, 5) is 14.5. The number of hydrogen-bond acceptors (Lipinski definition) is 3. The number of aromatic nitrogens is 1. The molecule has 0 spiro atoms. The molecule has 0 atom stereocenters. The maximum atomic E-state index is 10.4. The molecular weight excluding hydrogens is 277 g/mol. The first-order valence-corrected chi connectivity index (χ1v) is 5.63. The first kappa shape index (κ1) is 12.7. The molecule has 2 rings (SSSR count). The molecule has 0 saturated carbocycles. The molecule has 0 saturated heterocycles. The van der Waals surface area contributed by atoms with Gasteiger partial charge in [-0.2, -0.15) is 0 Å². The monoisotopic (exact) mass is 283 g/mol.